The van der Waals surface area contributed by atoms with Crippen molar-refractivity contribution in [2.75, 3.05) is 45.8 Å². The van der Waals surface area contributed by atoms with Crippen LogP contribution in [0.4, 0.5) is 0 Å². The van der Waals surface area contributed by atoms with Crippen molar-refractivity contribution >= 4 is 17.9 Å². The van der Waals surface area contributed by atoms with Crippen LogP contribution < -0.4 is 4.90 Å². The molecule has 2 saturated heterocycles. The van der Waals surface area contributed by atoms with Crippen LogP contribution in [0.5, 0.6) is 0 Å². The summed E-state index contributed by atoms with van der Waals surface area (Å²) in [6, 6.07) is 5.97. The molecule has 2 aliphatic rings. The number of amides is 2. The SMILES string of the molecule is Cc1cc(/C=C/C(=O)N2CC[NH+](CC(=O)N3CCCC3)CC2)c(C)n1Cc1ccco1. The second-order valence-corrected chi connectivity index (χ2v) is 8.67. The molecule has 0 bridgehead atoms. The predicted octanol–water partition coefficient (Wildman–Crippen LogP) is 1.11. The monoisotopic (exact) mass is 425 g/mol. The first-order chi connectivity index (χ1) is 15.0. The van der Waals surface area contributed by atoms with E-state index in [1.807, 2.05) is 28.0 Å². The molecule has 2 aromatic rings. The Kier molecular flexibility index (Phi) is 6.61. The second-order valence-electron chi connectivity index (χ2n) is 8.67. The van der Waals surface area contributed by atoms with Crippen molar-refractivity contribution in [3.05, 3.63) is 53.2 Å². The number of carbonyl (C=O) groups is 2. The van der Waals surface area contributed by atoms with Crippen LogP contribution in [0.1, 0.15) is 35.6 Å². The number of quaternary nitrogens is 1. The maximum absolute atomic E-state index is 12.7. The topological polar surface area (TPSA) is 63.1 Å². The van der Waals surface area contributed by atoms with Crippen LogP contribution in [0.2, 0.25) is 0 Å². The highest BCUT2D eigenvalue weighted by Gasteiger charge is 2.27. The van der Waals surface area contributed by atoms with E-state index >= 15 is 0 Å². The van der Waals surface area contributed by atoms with Crippen molar-refractivity contribution in [2.24, 2.45) is 0 Å². The fraction of sp³-hybridized carbons (Fsp3) is 0.500. The molecule has 0 spiro atoms. The number of carbonyl (C=O) groups excluding carboxylic acids is 2. The summed E-state index contributed by atoms with van der Waals surface area (Å²) in [5.41, 5.74) is 3.31. The van der Waals surface area contributed by atoms with Gasteiger partial charge in [-0.2, -0.15) is 0 Å². The molecule has 0 saturated carbocycles. The van der Waals surface area contributed by atoms with Gasteiger partial charge in [0.25, 0.3) is 5.91 Å². The molecule has 31 heavy (non-hydrogen) atoms. The Hall–Kier alpha value is -2.80. The zero-order valence-electron chi connectivity index (χ0n) is 18.6. The molecule has 7 heteroatoms. The molecule has 1 N–H and O–H groups in total. The Morgan fingerprint density at radius 1 is 1.10 bits per heavy atom. The van der Waals surface area contributed by atoms with Crippen LogP contribution in [0.3, 0.4) is 0 Å². The number of aromatic nitrogens is 1. The van der Waals surface area contributed by atoms with Gasteiger partial charge in [0.05, 0.1) is 39.0 Å². The number of nitrogens with one attached hydrogen (secondary N) is 1. The lowest BCUT2D eigenvalue weighted by molar-refractivity contribution is -0.896. The number of hydrogen-bond acceptors (Lipinski definition) is 3. The average molecular weight is 426 g/mol. The van der Waals surface area contributed by atoms with Crippen LogP contribution in [-0.2, 0) is 16.1 Å². The van der Waals surface area contributed by atoms with E-state index < -0.39 is 0 Å². The molecule has 0 aromatic carbocycles. The number of rotatable bonds is 6. The third-order valence-electron chi connectivity index (χ3n) is 6.55. The van der Waals surface area contributed by atoms with Gasteiger partial charge in [0.15, 0.2) is 6.54 Å². The zero-order valence-corrected chi connectivity index (χ0v) is 18.6. The highest BCUT2D eigenvalue weighted by atomic mass is 16.3. The summed E-state index contributed by atoms with van der Waals surface area (Å²) in [4.78, 5) is 30.2. The third-order valence-corrected chi connectivity index (χ3v) is 6.55. The van der Waals surface area contributed by atoms with Gasteiger partial charge in [0.2, 0.25) is 5.91 Å². The Balaban J connectivity index is 1.29. The minimum absolute atomic E-state index is 0.0424. The first-order valence-corrected chi connectivity index (χ1v) is 11.3. The molecule has 2 aromatic heterocycles. The number of nitrogens with zero attached hydrogens (tertiary/aromatic N) is 3. The molecule has 2 fully saturated rings. The average Bonchev–Trinajstić information content (AvgIpc) is 3.52. The van der Waals surface area contributed by atoms with E-state index in [0.717, 1.165) is 61.7 Å². The Morgan fingerprint density at radius 2 is 1.84 bits per heavy atom. The molecule has 2 amide bonds. The van der Waals surface area contributed by atoms with Gasteiger partial charge >= 0.3 is 0 Å². The summed E-state index contributed by atoms with van der Waals surface area (Å²) in [7, 11) is 0. The molecule has 0 unspecified atom stereocenters. The third kappa shape index (κ3) is 5.10. The molecular formula is C24H33N4O3+. The van der Waals surface area contributed by atoms with E-state index in [1.165, 1.54) is 4.90 Å². The first kappa shape index (κ1) is 21.4. The summed E-state index contributed by atoms with van der Waals surface area (Å²) in [5, 5.41) is 0. The summed E-state index contributed by atoms with van der Waals surface area (Å²) in [5.74, 6) is 1.22. The largest absolute Gasteiger partial charge is 0.467 e. The van der Waals surface area contributed by atoms with E-state index in [-0.39, 0.29) is 11.8 Å². The minimum atomic E-state index is 0.0424. The van der Waals surface area contributed by atoms with E-state index in [0.29, 0.717) is 26.2 Å². The zero-order chi connectivity index (χ0) is 21.8. The Bertz CT molecular complexity index is 930. The fourth-order valence-corrected chi connectivity index (χ4v) is 4.58. The summed E-state index contributed by atoms with van der Waals surface area (Å²) in [6.45, 7) is 10.3. The van der Waals surface area contributed by atoms with Gasteiger partial charge in [0.1, 0.15) is 5.76 Å². The fourth-order valence-electron chi connectivity index (χ4n) is 4.58. The van der Waals surface area contributed by atoms with E-state index in [1.54, 1.807) is 12.3 Å². The molecular weight excluding hydrogens is 392 g/mol. The van der Waals surface area contributed by atoms with Crippen molar-refractivity contribution in [3.63, 3.8) is 0 Å². The molecule has 166 valence electrons. The smallest absolute Gasteiger partial charge is 0.277 e. The summed E-state index contributed by atoms with van der Waals surface area (Å²) >= 11 is 0. The second kappa shape index (κ2) is 9.56. The number of aryl methyl sites for hydroxylation is 1. The van der Waals surface area contributed by atoms with Gasteiger partial charge < -0.3 is 23.7 Å². The van der Waals surface area contributed by atoms with Gasteiger partial charge in [-0.15, -0.1) is 0 Å². The van der Waals surface area contributed by atoms with Crippen molar-refractivity contribution in [1.82, 2.24) is 14.4 Å². The Morgan fingerprint density at radius 3 is 2.52 bits per heavy atom. The molecule has 2 aliphatic heterocycles. The standard InChI is InChI=1S/C24H32N4O3/c1-19-16-21(20(2)28(19)17-22-6-5-15-31-22)7-8-23(29)27-13-11-25(12-14-27)18-24(30)26-9-3-4-10-26/h5-8,15-16H,3-4,9-14,17-18H2,1-2H3/p+1/b8-7+. The quantitative estimate of drug-likeness (QED) is 0.706. The van der Waals surface area contributed by atoms with Crippen molar-refractivity contribution in [1.29, 1.82) is 0 Å². The van der Waals surface area contributed by atoms with Crippen LogP contribution in [0, 0.1) is 13.8 Å². The lowest BCUT2D eigenvalue weighted by atomic mass is 10.2. The number of piperazine rings is 1. The molecule has 0 aliphatic carbocycles. The summed E-state index contributed by atoms with van der Waals surface area (Å²) in [6.07, 6.45) is 7.54. The molecule has 0 radical (unpaired) electrons. The lowest BCUT2D eigenvalue weighted by Gasteiger charge is -2.32. The lowest BCUT2D eigenvalue weighted by Crippen LogP contribution is -3.15. The van der Waals surface area contributed by atoms with Crippen molar-refractivity contribution in [2.45, 2.75) is 33.2 Å². The van der Waals surface area contributed by atoms with Crippen LogP contribution in [0.15, 0.2) is 35.0 Å². The maximum Gasteiger partial charge on any atom is 0.277 e. The van der Waals surface area contributed by atoms with Gasteiger partial charge in [-0.05, 0) is 56.5 Å². The van der Waals surface area contributed by atoms with Crippen LogP contribution in [0.25, 0.3) is 6.08 Å². The van der Waals surface area contributed by atoms with Crippen molar-refractivity contribution < 1.29 is 18.9 Å². The van der Waals surface area contributed by atoms with E-state index in [9.17, 15) is 9.59 Å². The molecule has 4 heterocycles. The van der Waals surface area contributed by atoms with E-state index in [4.69, 9.17) is 4.42 Å². The Labute approximate surface area is 183 Å². The molecule has 0 atom stereocenters. The van der Waals surface area contributed by atoms with Crippen LogP contribution >= 0.6 is 0 Å². The number of hydrogen-bond donors (Lipinski definition) is 1. The highest BCUT2D eigenvalue weighted by Crippen LogP contribution is 2.19. The number of likely N-dealkylation sites (tertiary alicyclic amines) is 1. The van der Waals surface area contributed by atoms with Gasteiger partial charge in [0, 0.05) is 30.6 Å². The highest BCUT2D eigenvalue weighted by molar-refractivity contribution is 5.92. The first-order valence-electron chi connectivity index (χ1n) is 11.3. The molecule has 7 nitrogen and oxygen atoms in total. The number of furan rings is 1. The van der Waals surface area contributed by atoms with E-state index in [2.05, 4.69) is 24.5 Å². The van der Waals surface area contributed by atoms with Gasteiger partial charge in [-0.25, -0.2) is 0 Å². The maximum atomic E-state index is 12.7. The minimum Gasteiger partial charge on any atom is -0.467 e. The summed E-state index contributed by atoms with van der Waals surface area (Å²) < 4.78 is 7.67. The van der Waals surface area contributed by atoms with Gasteiger partial charge in [-0.1, -0.05) is 0 Å². The predicted molar refractivity (Wildman–Crippen MR) is 119 cm³/mol. The van der Waals surface area contributed by atoms with Crippen molar-refractivity contribution in [3.8, 4) is 0 Å². The van der Waals surface area contributed by atoms with Gasteiger partial charge in [-0.3, -0.25) is 9.59 Å². The normalized spacial score (nSPS) is 17.7. The van der Waals surface area contributed by atoms with Crippen LogP contribution in [-0.4, -0.2) is 72.0 Å². The molecule has 4 rings (SSSR count).